The third-order valence-corrected chi connectivity index (χ3v) is 5.57. The van der Waals surface area contributed by atoms with Gasteiger partial charge in [0.2, 0.25) is 5.91 Å². The smallest absolute Gasteiger partial charge is 0.221 e. The van der Waals surface area contributed by atoms with Crippen LogP contribution >= 0.6 is 11.8 Å². The molecule has 4 aromatic rings. The van der Waals surface area contributed by atoms with Crippen LogP contribution in [-0.4, -0.2) is 26.4 Å². The average Bonchev–Trinajstić information content (AvgIpc) is 3.23. The molecule has 31 heavy (non-hydrogen) atoms. The molecule has 0 fully saturated rings. The van der Waals surface area contributed by atoms with E-state index in [0.29, 0.717) is 29.7 Å². The second-order valence-corrected chi connectivity index (χ2v) is 7.91. The molecule has 0 aliphatic carbocycles. The molecule has 1 amide bonds. The van der Waals surface area contributed by atoms with E-state index in [0.717, 1.165) is 16.8 Å². The minimum Gasteiger partial charge on any atom is -0.352 e. The Morgan fingerprint density at radius 2 is 1.58 bits per heavy atom. The van der Waals surface area contributed by atoms with Gasteiger partial charge in [-0.05, 0) is 42.0 Å². The van der Waals surface area contributed by atoms with Crippen LogP contribution in [0.25, 0.3) is 17.1 Å². The average molecular weight is 433 g/mol. The normalized spacial score (nSPS) is 10.7. The Balaban J connectivity index is 1.45. The number of hydrogen-bond acceptors (Lipinski definition) is 4. The van der Waals surface area contributed by atoms with Crippen molar-refractivity contribution >= 4 is 17.7 Å². The summed E-state index contributed by atoms with van der Waals surface area (Å²) in [4.78, 5) is 12.2. The summed E-state index contributed by atoms with van der Waals surface area (Å²) >= 11 is 1.46. The van der Waals surface area contributed by atoms with Crippen molar-refractivity contribution in [3.63, 3.8) is 0 Å². The van der Waals surface area contributed by atoms with E-state index < -0.39 is 0 Å². The van der Waals surface area contributed by atoms with Crippen LogP contribution in [0.5, 0.6) is 0 Å². The molecular weight excluding hydrogens is 411 g/mol. The molecule has 0 atom stereocenters. The number of rotatable bonds is 8. The van der Waals surface area contributed by atoms with Gasteiger partial charge in [-0.2, -0.15) is 0 Å². The minimum atomic E-state index is -0.300. The molecule has 7 heteroatoms. The van der Waals surface area contributed by atoms with Crippen LogP contribution in [0.1, 0.15) is 12.0 Å². The summed E-state index contributed by atoms with van der Waals surface area (Å²) in [7, 11) is 0. The van der Waals surface area contributed by atoms with Crippen molar-refractivity contribution in [2.75, 3.05) is 5.75 Å². The number of carbonyl (C=O) groups excluding carboxylic acids is 1. The van der Waals surface area contributed by atoms with Crippen molar-refractivity contribution in [1.82, 2.24) is 20.1 Å². The van der Waals surface area contributed by atoms with Crippen molar-refractivity contribution in [1.29, 1.82) is 0 Å². The summed E-state index contributed by atoms with van der Waals surface area (Å²) < 4.78 is 15.3. The van der Waals surface area contributed by atoms with E-state index in [4.69, 9.17) is 0 Å². The number of benzene rings is 3. The van der Waals surface area contributed by atoms with E-state index >= 15 is 0 Å². The first-order valence-corrected chi connectivity index (χ1v) is 10.9. The highest BCUT2D eigenvalue weighted by Gasteiger charge is 2.16. The molecule has 1 N–H and O–H groups in total. The lowest BCUT2D eigenvalue weighted by atomic mass is 10.2. The van der Waals surface area contributed by atoms with Crippen LogP contribution < -0.4 is 5.32 Å². The van der Waals surface area contributed by atoms with Gasteiger partial charge in [0.25, 0.3) is 0 Å². The minimum absolute atomic E-state index is 0.0131. The largest absolute Gasteiger partial charge is 0.352 e. The van der Waals surface area contributed by atoms with Crippen LogP contribution in [-0.2, 0) is 11.3 Å². The van der Waals surface area contributed by atoms with E-state index in [1.807, 2.05) is 65.2 Å². The molecule has 1 heterocycles. The molecular formula is C24H21FN4OS. The summed E-state index contributed by atoms with van der Waals surface area (Å²) in [6.45, 7) is 0.513. The van der Waals surface area contributed by atoms with Gasteiger partial charge in [-0.25, -0.2) is 4.39 Å². The van der Waals surface area contributed by atoms with Gasteiger partial charge in [-0.1, -0.05) is 60.3 Å². The maximum absolute atomic E-state index is 13.4. The lowest BCUT2D eigenvalue weighted by Crippen LogP contribution is -2.23. The summed E-state index contributed by atoms with van der Waals surface area (Å²) in [5, 5.41) is 12.3. The Labute approximate surface area is 184 Å². The molecule has 0 unspecified atom stereocenters. The first-order valence-electron chi connectivity index (χ1n) is 9.91. The highest BCUT2D eigenvalue weighted by atomic mass is 32.2. The van der Waals surface area contributed by atoms with Crippen molar-refractivity contribution in [2.24, 2.45) is 0 Å². The Morgan fingerprint density at radius 3 is 2.29 bits per heavy atom. The van der Waals surface area contributed by atoms with Gasteiger partial charge in [0.1, 0.15) is 5.82 Å². The lowest BCUT2D eigenvalue weighted by Gasteiger charge is -2.10. The molecule has 0 aliphatic heterocycles. The monoisotopic (exact) mass is 432 g/mol. The molecule has 156 valence electrons. The molecule has 0 saturated carbocycles. The van der Waals surface area contributed by atoms with Crippen LogP contribution in [0.2, 0.25) is 0 Å². The van der Waals surface area contributed by atoms with Crippen molar-refractivity contribution in [2.45, 2.75) is 18.1 Å². The summed E-state index contributed by atoms with van der Waals surface area (Å²) in [5.74, 6) is 0.878. The van der Waals surface area contributed by atoms with Gasteiger partial charge in [0, 0.05) is 30.0 Å². The first-order chi connectivity index (χ1) is 15.2. The first kappa shape index (κ1) is 20.8. The van der Waals surface area contributed by atoms with Gasteiger partial charge < -0.3 is 5.32 Å². The Morgan fingerprint density at radius 1 is 0.903 bits per heavy atom. The maximum atomic E-state index is 13.4. The van der Waals surface area contributed by atoms with Gasteiger partial charge in [0.05, 0.1) is 0 Å². The fourth-order valence-corrected chi connectivity index (χ4v) is 3.97. The third kappa shape index (κ3) is 5.38. The SMILES string of the molecule is O=C(CCSc1nnc(-c2ccc(F)cc2)n1-c1ccccc1)NCc1ccccc1. The third-order valence-electron chi connectivity index (χ3n) is 4.64. The van der Waals surface area contributed by atoms with E-state index in [1.165, 1.54) is 23.9 Å². The molecule has 0 radical (unpaired) electrons. The maximum Gasteiger partial charge on any atom is 0.221 e. The van der Waals surface area contributed by atoms with E-state index in [1.54, 1.807) is 12.1 Å². The van der Waals surface area contributed by atoms with Crippen LogP contribution in [0, 0.1) is 5.82 Å². The number of para-hydroxylation sites is 1. The van der Waals surface area contributed by atoms with Crippen LogP contribution in [0.4, 0.5) is 4.39 Å². The van der Waals surface area contributed by atoms with Gasteiger partial charge >= 0.3 is 0 Å². The van der Waals surface area contributed by atoms with E-state index in [2.05, 4.69) is 15.5 Å². The molecule has 4 rings (SSSR count). The number of aromatic nitrogens is 3. The fourth-order valence-electron chi connectivity index (χ4n) is 3.08. The zero-order valence-corrected chi connectivity index (χ0v) is 17.6. The predicted octanol–water partition coefficient (Wildman–Crippen LogP) is 4.87. The number of nitrogens with zero attached hydrogens (tertiary/aromatic N) is 3. The van der Waals surface area contributed by atoms with Gasteiger partial charge in [0.15, 0.2) is 11.0 Å². The van der Waals surface area contributed by atoms with Crippen molar-refractivity contribution < 1.29 is 9.18 Å². The van der Waals surface area contributed by atoms with Crippen LogP contribution in [0.3, 0.4) is 0 Å². The predicted molar refractivity (Wildman–Crippen MR) is 120 cm³/mol. The zero-order chi connectivity index (χ0) is 21.5. The fraction of sp³-hybridized carbons (Fsp3) is 0.125. The molecule has 1 aromatic heterocycles. The van der Waals surface area contributed by atoms with Gasteiger partial charge in [-0.15, -0.1) is 10.2 Å². The number of nitrogens with one attached hydrogen (secondary N) is 1. The number of halogens is 1. The highest BCUT2D eigenvalue weighted by Crippen LogP contribution is 2.28. The second-order valence-electron chi connectivity index (χ2n) is 6.84. The quantitative estimate of drug-likeness (QED) is 0.404. The second kappa shape index (κ2) is 10.0. The Hall–Kier alpha value is -3.45. The summed E-state index contributed by atoms with van der Waals surface area (Å²) in [5.41, 5.74) is 2.74. The number of thioether (sulfide) groups is 1. The molecule has 0 bridgehead atoms. The molecule has 0 aliphatic rings. The van der Waals surface area contributed by atoms with E-state index in [-0.39, 0.29) is 11.7 Å². The van der Waals surface area contributed by atoms with Crippen molar-refractivity contribution in [3.8, 4) is 17.1 Å². The molecule has 0 spiro atoms. The van der Waals surface area contributed by atoms with Crippen LogP contribution in [0.15, 0.2) is 90.1 Å². The van der Waals surface area contributed by atoms with Gasteiger partial charge in [-0.3, -0.25) is 9.36 Å². The Bertz CT molecular complexity index is 1130. The standard InChI is InChI=1S/C24H21FN4OS/c25-20-13-11-19(12-14-20)23-27-28-24(29(23)21-9-5-2-6-10-21)31-16-15-22(30)26-17-18-7-3-1-4-8-18/h1-14H,15-17H2,(H,26,30). The molecule has 5 nitrogen and oxygen atoms in total. The number of hydrogen-bond donors (Lipinski definition) is 1. The summed E-state index contributed by atoms with van der Waals surface area (Å²) in [6.07, 6.45) is 0.366. The lowest BCUT2D eigenvalue weighted by molar-refractivity contribution is -0.120. The zero-order valence-electron chi connectivity index (χ0n) is 16.7. The van der Waals surface area contributed by atoms with Crippen molar-refractivity contribution in [3.05, 3.63) is 96.3 Å². The van der Waals surface area contributed by atoms with E-state index in [9.17, 15) is 9.18 Å². The molecule has 3 aromatic carbocycles. The number of carbonyl (C=O) groups is 1. The summed E-state index contributed by atoms with van der Waals surface area (Å²) in [6, 6.07) is 25.7. The molecule has 0 saturated heterocycles. The Kier molecular flexibility index (Phi) is 6.74. The topological polar surface area (TPSA) is 59.8 Å². The number of amides is 1. The highest BCUT2D eigenvalue weighted by molar-refractivity contribution is 7.99.